The first kappa shape index (κ1) is 21.6. The van der Waals surface area contributed by atoms with Crippen LogP contribution in [0.25, 0.3) is 0 Å². The minimum atomic E-state index is -3.76. The predicted molar refractivity (Wildman–Crippen MR) is 110 cm³/mol. The van der Waals surface area contributed by atoms with E-state index < -0.39 is 10.0 Å². The number of sulfonamides is 1. The van der Waals surface area contributed by atoms with E-state index in [0.717, 1.165) is 10.4 Å². The molecule has 7 heteroatoms. The number of nitrogens with one attached hydrogen (secondary N) is 1. The predicted octanol–water partition coefficient (Wildman–Crippen LogP) is 3.68. The van der Waals surface area contributed by atoms with E-state index >= 15 is 0 Å². The van der Waals surface area contributed by atoms with E-state index in [2.05, 4.69) is 5.32 Å². The lowest BCUT2D eigenvalue weighted by Crippen LogP contribution is -2.40. The summed E-state index contributed by atoms with van der Waals surface area (Å²) in [4.78, 5) is 13.6. The number of hydrogen-bond acceptors (Lipinski definition) is 4. The number of benzene rings is 1. The first-order valence-corrected chi connectivity index (χ1v) is 11.3. The number of carbonyl (C=O) groups excluding carboxylic acids is 1. The summed E-state index contributed by atoms with van der Waals surface area (Å²) in [5.74, 6) is -0.307. The van der Waals surface area contributed by atoms with E-state index in [4.69, 9.17) is 0 Å². The van der Waals surface area contributed by atoms with Gasteiger partial charge in [0.05, 0.1) is 18.0 Å². The van der Waals surface area contributed by atoms with Gasteiger partial charge in [-0.2, -0.15) is 4.31 Å². The SMILES string of the molecule is CCN(CC(=O)NCc1cccs1)S(=O)(=O)c1cc(C(C)(C)C)ccc1C. The molecule has 0 saturated carbocycles. The number of hydrogen-bond donors (Lipinski definition) is 1. The van der Waals surface area contributed by atoms with E-state index in [0.29, 0.717) is 12.1 Å². The highest BCUT2D eigenvalue weighted by molar-refractivity contribution is 7.89. The smallest absolute Gasteiger partial charge is 0.243 e. The maximum atomic E-state index is 13.2. The van der Waals surface area contributed by atoms with Crippen molar-refractivity contribution in [3.8, 4) is 0 Å². The molecule has 1 aromatic carbocycles. The summed E-state index contributed by atoms with van der Waals surface area (Å²) in [5, 5.41) is 4.73. The van der Waals surface area contributed by atoms with Crippen LogP contribution in [0.1, 0.15) is 43.7 Å². The molecule has 0 bridgehead atoms. The molecular formula is C20H28N2O3S2. The largest absolute Gasteiger partial charge is 0.350 e. The van der Waals surface area contributed by atoms with Gasteiger partial charge in [-0.25, -0.2) is 8.42 Å². The van der Waals surface area contributed by atoms with Gasteiger partial charge < -0.3 is 5.32 Å². The Balaban J connectivity index is 2.21. The van der Waals surface area contributed by atoms with E-state index in [-0.39, 0.29) is 29.3 Å². The van der Waals surface area contributed by atoms with Gasteiger partial charge >= 0.3 is 0 Å². The van der Waals surface area contributed by atoms with Gasteiger partial charge in [0.1, 0.15) is 0 Å². The van der Waals surface area contributed by atoms with Crippen molar-refractivity contribution in [1.82, 2.24) is 9.62 Å². The Kier molecular flexibility index (Phi) is 6.83. The molecule has 0 aliphatic rings. The third kappa shape index (κ3) is 5.40. The van der Waals surface area contributed by atoms with Gasteiger partial charge in [-0.05, 0) is 41.0 Å². The fourth-order valence-corrected chi connectivity index (χ4v) is 4.97. The molecule has 27 heavy (non-hydrogen) atoms. The first-order valence-electron chi connectivity index (χ1n) is 8.96. The van der Waals surface area contributed by atoms with Crippen molar-refractivity contribution in [2.45, 2.75) is 51.5 Å². The van der Waals surface area contributed by atoms with Gasteiger partial charge in [-0.1, -0.05) is 45.9 Å². The Morgan fingerprint density at radius 1 is 1.22 bits per heavy atom. The lowest BCUT2D eigenvalue weighted by Gasteiger charge is -2.24. The highest BCUT2D eigenvalue weighted by Gasteiger charge is 2.28. The Morgan fingerprint density at radius 3 is 2.48 bits per heavy atom. The lowest BCUT2D eigenvalue weighted by molar-refractivity contribution is -0.121. The van der Waals surface area contributed by atoms with Crippen molar-refractivity contribution < 1.29 is 13.2 Å². The molecule has 148 valence electrons. The minimum Gasteiger partial charge on any atom is -0.350 e. The molecule has 0 aliphatic carbocycles. The van der Waals surface area contributed by atoms with Gasteiger partial charge in [0.15, 0.2) is 0 Å². The highest BCUT2D eigenvalue weighted by atomic mass is 32.2. The summed E-state index contributed by atoms with van der Waals surface area (Å²) >= 11 is 1.55. The second-order valence-electron chi connectivity index (χ2n) is 7.52. The van der Waals surface area contributed by atoms with Crippen LogP contribution in [0.3, 0.4) is 0 Å². The molecule has 5 nitrogen and oxygen atoms in total. The molecule has 1 amide bonds. The van der Waals surface area contributed by atoms with E-state index in [1.807, 2.05) is 50.4 Å². The third-order valence-corrected chi connectivity index (χ3v) is 7.32. The number of rotatable bonds is 7. The Hall–Kier alpha value is -1.70. The van der Waals surface area contributed by atoms with Crippen LogP contribution in [0, 0.1) is 6.92 Å². The summed E-state index contributed by atoms with van der Waals surface area (Å²) in [6, 6.07) is 9.37. The summed E-state index contributed by atoms with van der Waals surface area (Å²) in [5.41, 5.74) is 1.47. The van der Waals surface area contributed by atoms with Crippen molar-refractivity contribution in [2.75, 3.05) is 13.1 Å². The normalized spacial score (nSPS) is 12.4. The average molecular weight is 409 g/mol. The second kappa shape index (κ2) is 8.54. The van der Waals surface area contributed by atoms with Crippen molar-refractivity contribution in [1.29, 1.82) is 0 Å². The molecule has 0 spiro atoms. The van der Waals surface area contributed by atoms with E-state index in [1.54, 1.807) is 31.3 Å². The number of aryl methyl sites for hydroxylation is 1. The molecular weight excluding hydrogens is 380 g/mol. The monoisotopic (exact) mass is 408 g/mol. The molecule has 1 aromatic heterocycles. The third-order valence-electron chi connectivity index (χ3n) is 4.38. The van der Waals surface area contributed by atoms with Crippen LogP contribution in [-0.2, 0) is 26.8 Å². The van der Waals surface area contributed by atoms with E-state index in [9.17, 15) is 13.2 Å². The molecule has 0 radical (unpaired) electrons. The molecule has 1 N–H and O–H groups in total. The lowest BCUT2D eigenvalue weighted by atomic mass is 9.87. The molecule has 2 rings (SSSR count). The number of amides is 1. The zero-order valence-electron chi connectivity index (χ0n) is 16.6. The summed E-state index contributed by atoms with van der Waals surface area (Å²) in [6.07, 6.45) is 0. The van der Waals surface area contributed by atoms with Crippen molar-refractivity contribution in [3.05, 3.63) is 51.7 Å². The van der Waals surface area contributed by atoms with Gasteiger partial charge in [0.2, 0.25) is 15.9 Å². The van der Waals surface area contributed by atoms with E-state index in [1.165, 1.54) is 4.31 Å². The number of nitrogens with zero attached hydrogens (tertiary/aromatic N) is 1. The Bertz CT molecular complexity index is 882. The minimum absolute atomic E-state index is 0.160. The summed E-state index contributed by atoms with van der Waals surface area (Å²) < 4.78 is 27.6. The molecule has 1 heterocycles. The van der Waals surface area contributed by atoms with Gasteiger partial charge in [0, 0.05) is 11.4 Å². The Morgan fingerprint density at radius 2 is 1.93 bits per heavy atom. The first-order chi connectivity index (χ1) is 12.6. The molecule has 2 aromatic rings. The summed E-state index contributed by atoms with van der Waals surface area (Å²) in [6.45, 7) is 10.1. The van der Waals surface area contributed by atoms with Crippen LogP contribution < -0.4 is 5.32 Å². The van der Waals surface area contributed by atoms with Crippen LogP contribution in [-0.4, -0.2) is 31.7 Å². The zero-order valence-corrected chi connectivity index (χ0v) is 18.2. The topological polar surface area (TPSA) is 66.5 Å². The van der Waals surface area contributed by atoms with Crippen LogP contribution in [0.2, 0.25) is 0 Å². The molecule has 0 atom stereocenters. The quantitative estimate of drug-likeness (QED) is 0.760. The average Bonchev–Trinajstić information content (AvgIpc) is 3.10. The van der Waals surface area contributed by atoms with Crippen LogP contribution >= 0.6 is 11.3 Å². The maximum absolute atomic E-state index is 13.2. The zero-order chi connectivity index (χ0) is 20.2. The van der Waals surface area contributed by atoms with Crippen LogP contribution in [0.4, 0.5) is 0 Å². The molecule has 0 aliphatic heterocycles. The highest BCUT2D eigenvalue weighted by Crippen LogP contribution is 2.28. The second-order valence-corrected chi connectivity index (χ2v) is 10.5. The fraction of sp³-hybridized carbons (Fsp3) is 0.450. The number of carbonyl (C=O) groups is 1. The van der Waals surface area contributed by atoms with Crippen molar-refractivity contribution in [2.24, 2.45) is 0 Å². The van der Waals surface area contributed by atoms with Crippen LogP contribution in [0.15, 0.2) is 40.6 Å². The molecule has 0 saturated heterocycles. The standard InChI is InChI=1S/C20H28N2O3S2/c1-6-22(14-19(23)21-13-17-8-7-11-26-17)27(24,25)18-12-16(20(3,4)5)10-9-15(18)2/h7-12H,6,13-14H2,1-5H3,(H,21,23). The molecule has 0 unspecified atom stereocenters. The fourth-order valence-electron chi connectivity index (χ4n) is 2.67. The van der Waals surface area contributed by atoms with Gasteiger partial charge in [-0.3, -0.25) is 4.79 Å². The van der Waals surface area contributed by atoms with Gasteiger partial charge in [0.25, 0.3) is 0 Å². The number of likely N-dealkylation sites (N-methyl/N-ethyl adjacent to an activating group) is 1. The van der Waals surface area contributed by atoms with Crippen molar-refractivity contribution >= 4 is 27.3 Å². The molecule has 0 fully saturated rings. The number of thiophene rings is 1. The Labute approximate surface area is 166 Å². The summed E-state index contributed by atoms with van der Waals surface area (Å²) in [7, 11) is -3.76. The van der Waals surface area contributed by atoms with Gasteiger partial charge in [-0.15, -0.1) is 11.3 Å². The van der Waals surface area contributed by atoms with Crippen LogP contribution in [0.5, 0.6) is 0 Å². The maximum Gasteiger partial charge on any atom is 0.243 e. The van der Waals surface area contributed by atoms with Crippen molar-refractivity contribution in [3.63, 3.8) is 0 Å².